The predicted molar refractivity (Wildman–Crippen MR) is 180 cm³/mol. The van der Waals surface area contributed by atoms with Crippen LogP contribution in [-0.4, -0.2) is 86.8 Å². The zero-order valence-corrected chi connectivity index (χ0v) is 29.4. The Bertz CT molecular complexity index is 1630. The standard InChI is InChI=1S/C34H43F3N6O4S/c1-9-21-16-22(43-30(48)42(29(46)33(43,7)8)23-17-24(34(35,36)37)25(18-38)39-19-23)10-11-26(21)47-15-14-40-12-13-41(32(5,6)20-40)27(28(44)45)31(2,3)4/h10-11,16-17,19,27H,9,12-15,20H2,1-8H3,(H,44,45). The molecule has 2 fully saturated rings. The summed E-state index contributed by atoms with van der Waals surface area (Å²) in [5.41, 5.74) is -2.80. The maximum atomic E-state index is 13.7. The molecule has 48 heavy (non-hydrogen) atoms. The van der Waals surface area contributed by atoms with Gasteiger partial charge in [-0.15, -0.1) is 0 Å². The maximum Gasteiger partial charge on any atom is 0.419 e. The van der Waals surface area contributed by atoms with E-state index >= 15 is 0 Å². The first kappa shape index (κ1) is 37.0. The monoisotopic (exact) mass is 688 g/mol. The number of pyridine rings is 1. The Balaban J connectivity index is 1.49. The van der Waals surface area contributed by atoms with Crippen LogP contribution in [0, 0.1) is 16.7 Å². The Kier molecular flexibility index (Phi) is 10.2. The Morgan fingerprint density at radius 1 is 1.15 bits per heavy atom. The number of hydrogen-bond donors (Lipinski definition) is 1. The smallest absolute Gasteiger partial charge is 0.419 e. The maximum absolute atomic E-state index is 13.7. The van der Waals surface area contributed by atoms with Crippen LogP contribution in [0.5, 0.6) is 5.75 Å². The van der Waals surface area contributed by atoms with Crippen LogP contribution in [0.1, 0.15) is 72.2 Å². The molecule has 260 valence electrons. The molecule has 1 N–H and O–H groups in total. The van der Waals surface area contributed by atoms with Crippen molar-refractivity contribution in [3.8, 4) is 11.8 Å². The number of rotatable bonds is 9. The van der Waals surface area contributed by atoms with Crippen molar-refractivity contribution in [2.75, 3.05) is 42.6 Å². The summed E-state index contributed by atoms with van der Waals surface area (Å²) in [6.07, 6.45) is -3.20. The number of nitrogens with zero attached hydrogens (tertiary/aromatic N) is 6. The lowest BCUT2D eigenvalue weighted by Gasteiger charge is -2.52. The lowest BCUT2D eigenvalue weighted by molar-refractivity contribution is -0.154. The average Bonchev–Trinajstić information content (AvgIpc) is 3.15. The highest BCUT2D eigenvalue weighted by Gasteiger charge is 2.51. The molecule has 2 aliphatic rings. The third kappa shape index (κ3) is 7.13. The number of alkyl halides is 3. The van der Waals surface area contributed by atoms with E-state index in [0.717, 1.165) is 22.7 Å². The number of ether oxygens (including phenoxy) is 1. The Labute approximate surface area is 285 Å². The molecule has 3 heterocycles. The van der Waals surface area contributed by atoms with Crippen molar-refractivity contribution in [1.29, 1.82) is 5.26 Å². The first-order valence-electron chi connectivity index (χ1n) is 15.8. The van der Waals surface area contributed by atoms with E-state index in [1.54, 1.807) is 30.9 Å². The minimum atomic E-state index is -4.85. The lowest BCUT2D eigenvalue weighted by atomic mass is 9.82. The molecule has 0 radical (unpaired) electrons. The van der Waals surface area contributed by atoms with Crippen molar-refractivity contribution < 1.29 is 32.6 Å². The number of hydrogen-bond acceptors (Lipinski definition) is 8. The van der Waals surface area contributed by atoms with E-state index in [1.807, 2.05) is 33.8 Å². The summed E-state index contributed by atoms with van der Waals surface area (Å²) in [4.78, 5) is 36.4. The summed E-state index contributed by atoms with van der Waals surface area (Å²) in [5.74, 6) is -0.694. The molecule has 14 heteroatoms. The van der Waals surface area contributed by atoms with Gasteiger partial charge < -0.3 is 14.7 Å². The second-order valence-corrected chi connectivity index (χ2v) is 14.8. The normalized spacial score (nSPS) is 19.4. The molecule has 4 rings (SSSR count). The van der Waals surface area contributed by atoms with Gasteiger partial charge in [-0.05, 0) is 81.6 Å². The summed E-state index contributed by atoms with van der Waals surface area (Å²) in [5, 5.41) is 19.1. The topological polar surface area (TPSA) is 113 Å². The van der Waals surface area contributed by atoms with E-state index in [0.29, 0.717) is 50.6 Å². The minimum absolute atomic E-state index is 0.0151. The van der Waals surface area contributed by atoms with Gasteiger partial charge in [-0.2, -0.15) is 18.4 Å². The van der Waals surface area contributed by atoms with E-state index in [1.165, 1.54) is 6.07 Å². The molecule has 0 saturated carbocycles. The molecular weight excluding hydrogens is 645 g/mol. The van der Waals surface area contributed by atoms with Gasteiger partial charge in [0.05, 0.1) is 17.4 Å². The van der Waals surface area contributed by atoms with E-state index in [2.05, 4.69) is 28.6 Å². The molecule has 2 aliphatic heterocycles. The van der Waals surface area contributed by atoms with Gasteiger partial charge in [-0.1, -0.05) is 27.7 Å². The van der Waals surface area contributed by atoms with Gasteiger partial charge >= 0.3 is 12.1 Å². The number of carbonyl (C=O) groups excluding carboxylic acids is 1. The van der Waals surface area contributed by atoms with Crippen LogP contribution in [0.3, 0.4) is 0 Å². The predicted octanol–water partition coefficient (Wildman–Crippen LogP) is 5.73. The number of halogens is 3. The molecule has 2 aromatic rings. The van der Waals surface area contributed by atoms with Crippen LogP contribution in [0.15, 0.2) is 30.5 Å². The van der Waals surface area contributed by atoms with Gasteiger partial charge in [0.1, 0.15) is 30.0 Å². The van der Waals surface area contributed by atoms with Gasteiger partial charge in [0.2, 0.25) is 0 Å². The van der Waals surface area contributed by atoms with Crippen LogP contribution in [0.2, 0.25) is 0 Å². The number of amides is 1. The van der Waals surface area contributed by atoms with Gasteiger partial charge in [0.15, 0.2) is 10.8 Å². The number of aryl methyl sites for hydroxylation is 1. The number of anilines is 2. The van der Waals surface area contributed by atoms with E-state index < -0.39 is 46.3 Å². The molecule has 1 amide bonds. The highest BCUT2D eigenvalue weighted by Crippen LogP contribution is 2.40. The molecule has 0 bridgehead atoms. The zero-order valence-electron chi connectivity index (χ0n) is 28.6. The molecule has 1 unspecified atom stereocenters. The van der Waals surface area contributed by atoms with Crippen molar-refractivity contribution in [3.05, 3.63) is 47.3 Å². The van der Waals surface area contributed by atoms with Crippen LogP contribution in [0.4, 0.5) is 24.5 Å². The van der Waals surface area contributed by atoms with E-state index in [4.69, 9.17) is 22.2 Å². The van der Waals surface area contributed by atoms with Crippen LogP contribution in [0.25, 0.3) is 0 Å². The second-order valence-electron chi connectivity index (χ2n) is 14.4. The molecule has 1 atom stereocenters. The van der Waals surface area contributed by atoms with Crippen LogP contribution < -0.4 is 14.5 Å². The number of aliphatic carboxylic acids is 1. The number of carboxylic acid groups (broad SMARTS) is 1. The third-order valence-corrected chi connectivity index (χ3v) is 9.34. The van der Waals surface area contributed by atoms with Crippen LogP contribution in [-0.2, 0) is 22.2 Å². The van der Waals surface area contributed by atoms with Crippen LogP contribution >= 0.6 is 12.2 Å². The molecule has 0 aliphatic carbocycles. The lowest BCUT2D eigenvalue weighted by Crippen LogP contribution is -2.66. The van der Waals surface area contributed by atoms with Crippen molar-refractivity contribution in [3.63, 3.8) is 0 Å². The van der Waals surface area contributed by atoms with Crippen molar-refractivity contribution in [2.45, 2.75) is 85.1 Å². The summed E-state index contributed by atoms with van der Waals surface area (Å²) in [6, 6.07) is 6.99. The number of nitriles is 1. The fraction of sp³-hybridized carbons (Fsp3) is 0.559. The second kappa shape index (κ2) is 13.2. The van der Waals surface area contributed by atoms with Gasteiger partial charge in [-0.3, -0.25) is 24.3 Å². The van der Waals surface area contributed by atoms with Crippen molar-refractivity contribution in [1.82, 2.24) is 14.8 Å². The molecular formula is C34H43F3N6O4S. The SMILES string of the molecule is CCc1cc(N2C(=S)N(c3cnc(C#N)c(C(F)(F)F)c3)C(=O)C2(C)C)ccc1OCCN1CCN(C(C(=O)O)C(C)(C)C)C(C)(C)C1. The number of benzene rings is 1. The van der Waals surface area contributed by atoms with Gasteiger partial charge in [0, 0.05) is 37.4 Å². The molecule has 10 nitrogen and oxygen atoms in total. The quantitative estimate of drug-likeness (QED) is 0.328. The van der Waals surface area contributed by atoms with Gasteiger partial charge in [-0.25, -0.2) is 4.98 Å². The summed E-state index contributed by atoms with van der Waals surface area (Å²) in [7, 11) is 0. The fourth-order valence-electron chi connectivity index (χ4n) is 6.65. The fourth-order valence-corrected chi connectivity index (χ4v) is 7.18. The zero-order chi connectivity index (χ0) is 36.0. The summed E-state index contributed by atoms with van der Waals surface area (Å²) >= 11 is 5.67. The number of carbonyl (C=O) groups is 2. The number of aromatic nitrogens is 1. The van der Waals surface area contributed by atoms with Crippen molar-refractivity contribution in [2.24, 2.45) is 5.41 Å². The minimum Gasteiger partial charge on any atom is -0.492 e. The Morgan fingerprint density at radius 3 is 2.35 bits per heavy atom. The first-order valence-corrected chi connectivity index (χ1v) is 16.2. The summed E-state index contributed by atoms with van der Waals surface area (Å²) in [6.45, 7) is 18.3. The number of carboxylic acids is 1. The van der Waals surface area contributed by atoms with Crippen molar-refractivity contribution >= 4 is 40.6 Å². The summed E-state index contributed by atoms with van der Waals surface area (Å²) < 4.78 is 47.2. The largest absolute Gasteiger partial charge is 0.492 e. The molecule has 1 aromatic carbocycles. The third-order valence-electron chi connectivity index (χ3n) is 8.97. The molecule has 1 aromatic heterocycles. The van der Waals surface area contributed by atoms with Gasteiger partial charge in [0.25, 0.3) is 5.91 Å². The molecule has 0 spiro atoms. The average molecular weight is 689 g/mol. The van der Waals surface area contributed by atoms with E-state index in [9.17, 15) is 27.9 Å². The van der Waals surface area contributed by atoms with E-state index in [-0.39, 0.29) is 16.3 Å². The Morgan fingerprint density at radius 2 is 1.81 bits per heavy atom. The highest BCUT2D eigenvalue weighted by atomic mass is 32.1. The molecule has 2 saturated heterocycles. The number of thiocarbonyl (C=S) groups is 1. The Hall–Kier alpha value is -3.80. The number of piperazine rings is 1. The first-order chi connectivity index (χ1) is 22.1. The highest BCUT2D eigenvalue weighted by molar-refractivity contribution is 7.81.